The Balaban J connectivity index is 1.92. The topological polar surface area (TPSA) is 59.1 Å². The monoisotopic (exact) mass is 264 g/mol. The lowest BCUT2D eigenvalue weighted by Gasteiger charge is -2.12. The first-order valence-electron chi connectivity index (χ1n) is 7.07. The molecule has 2 rings (SSSR count). The van der Waals surface area contributed by atoms with E-state index in [4.69, 9.17) is 4.74 Å². The first-order chi connectivity index (χ1) is 9.19. The number of ether oxygens (including phenoxy) is 1. The first-order valence-corrected chi connectivity index (χ1v) is 7.07. The van der Waals surface area contributed by atoms with Crippen molar-refractivity contribution in [3.05, 3.63) is 11.9 Å². The van der Waals surface area contributed by atoms with Gasteiger partial charge in [-0.1, -0.05) is 13.8 Å². The maximum atomic E-state index is 5.38. The molecule has 1 aromatic heterocycles. The maximum Gasteiger partial charge on any atom is 0.135 e. The van der Waals surface area contributed by atoms with Crippen LogP contribution in [0.1, 0.15) is 38.4 Å². The predicted octanol–water partition coefficient (Wildman–Crippen LogP) is 2.48. The molecule has 1 aliphatic heterocycles. The summed E-state index contributed by atoms with van der Waals surface area (Å²) >= 11 is 0. The minimum atomic E-state index is 0.331. The Hall–Kier alpha value is -1.36. The van der Waals surface area contributed by atoms with Crippen LogP contribution >= 0.6 is 0 Å². The Morgan fingerprint density at radius 3 is 2.79 bits per heavy atom. The summed E-state index contributed by atoms with van der Waals surface area (Å²) in [6.45, 7) is 6.97. The Kier molecular flexibility index (Phi) is 4.96. The van der Waals surface area contributed by atoms with E-state index in [2.05, 4.69) is 34.4 Å². The Morgan fingerprint density at radius 1 is 1.37 bits per heavy atom. The van der Waals surface area contributed by atoms with Crippen LogP contribution in [0.3, 0.4) is 0 Å². The van der Waals surface area contributed by atoms with Gasteiger partial charge in [-0.05, 0) is 18.8 Å². The van der Waals surface area contributed by atoms with E-state index in [1.807, 2.05) is 13.1 Å². The number of hydrogen-bond donors (Lipinski definition) is 2. The molecule has 0 saturated carbocycles. The van der Waals surface area contributed by atoms with Crippen LogP contribution in [0.5, 0.6) is 0 Å². The highest BCUT2D eigenvalue weighted by Crippen LogP contribution is 2.18. The van der Waals surface area contributed by atoms with Gasteiger partial charge in [-0.25, -0.2) is 9.97 Å². The van der Waals surface area contributed by atoms with Crippen molar-refractivity contribution in [1.29, 1.82) is 0 Å². The van der Waals surface area contributed by atoms with Crippen LogP contribution in [-0.2, 0) is 4.74 Å². The molecule has 1 fully saturated rings. The second-order valence-corrected chi connectivity index (χ2v) is 5.35. The van der Waals surface area contributed by atoms with Crippen LogP contribution in [0.4, 0.5) is 11.6 Å². The molecule has 19 heavy (non-hydrogen) atoms. The highest BCUT2D eigenvalue weighted by molar-refractivity contribution is 5.47. The van der Waals surface area contributed by atoms with Crippen LogP contribution in [0, 0.1) is 5.92 Å². The third-order valence-electron chi connectivity index (χ3n) is 3.40. The number of nitrogens with one attached hydrogen (secondary N) is 2. The molecule has 1 unspecified atom stereocenters. The number of rotatable bonds is 6. The van der Waals surface area contributed by atoms with Crippen LogP contribution in [0.2, 0.25) is 0 Å². The smallest absolute Gasteiger partial charge is 0.135 e. The second kappa shape index (κ2) is 6.70. The van der Waals surface area contributed by atoms with Crippen molar-refractivity contribution in [3.63, 3.8) is 0 Å². The molecule has 1 aliphatic rings. The van der Waals surface area contributed by atoms with Gasteiger partial charge in [-0.3, -0.25) is 0 Å². The van der Waals surface area contributed by atoms with Gasteiger partial charge in [0.15, 0.2) is 0 Å². The van der Waals surface area contributed by atoms with Crippen molar-refractivity contribution < 1.29 is 4.74 Å². The van der Waals surface area contributed by atoms with Gasteiger partial charge >= 0.3 is 0 Å². The van der Waals surface area contributed by atoms with E-state index in [9.17, 15) is 0 Å². The van der Waals surface area contributed by atoms with E-state index in [-0.39, 0.29) is 0 Å². The summed E-state index contributed by atoms with van der Waals surface area (Å²) in [7, 11) is 1.88. The summed E-state index contributed by atoms with van der Waals surface area (Å²) in [4.78, 5) is 9.01. The predicted molar refractivity (Wildman–Crippen MR) is 77.7 cm³/mol. The third kappa shape index (κ3) is 4.06. The molecule has 0 aliphatic carbocycles. The van der Waals surface area contributed by atoms with Gasteiger partial charge < -0.3 is 15.4 Å². The first kappa shape index (κ1) is 14.1. The molecule has 1 saturated heterocycles. The summed E-state index contributed by atoms with van der Waals surface area (Å²) in [6, 6.07) is 1.96. The molecule has 0 radical (unpaired) electrons. The lowest BCUT2D eigenvalue weighted by molar-refractivity contribution is 0.185. The van der Waals surface area contributed by atoms with Gasteiger partial charge in [0.05, 0.1) is 0 Å². The fraction of sp³-hybridized carbons (Fsp3) is 0.714. The average Bonchev–Trinajstić information content (AvgIpc) is 2.91. The van der Waals surface area contributed by atoms with E-state index in [1.54, 1.807) is 0 Å². The van der Waals surface area contributed by atoms with E-state index < -0.39 is 0 Å². The number of aromatic nitrogens is 2. The van der Waals surface area contributed by atoms with E-state index in [0.29, 0.717) is 11.8 Å². The lowest BCUT2D eigenvalue weighted by atomic mass is 10.1. The average molecular weight is 264 g/mol. The zero-order valence-electron chi connectivity index (χ0n) is 12.1. The van der Waals surface area contributed by atoms with Gasteiger partial charge in [0, 0.05) is 38.8 Å². The number of anilines is 2. The van der Waals surface area contributed by atoms with Crippen molar-refractivity contribution in [2.75, 3.05) is 37.4 Å². The van der Waals surface area contributed by atoms with E-state index >= 15 is 0 Å². The normalized spacial score (nSPS) is 18.8. The summed E-state index contributed by atoms with van der Waals surface area (Å²) in [5.74, 6) is 3.67. The molecule has 2 heterocycles. The highest BCUT2D eigenvalue weighted by Gasteiger charge is 2.15. The van der Waals surface area contributed by atoms with Gasteiger partial charge in [0.25, 0.3) is 0 Å². The van der Waals surface area contributed by atoms with Crippen LogP contribution in [-0.4, -0.2) is 36.8 Å². The maximum absolute atomic E-state index is 5.38. The van der Waals surface area contributed by atoms with Crippen molar-refractivity contribution in [2.24, 2.45) is 5.92 Å². The van der Waals surface area contributed by atoms with Crippen molar-refractivity contribution in [2.45, 2.75) is 32.6 Å². The molecule has 106 valence electrons. The summed E-state index contributed by atoms with van der Waals surface area (Å²) in [5.41, 5.74) is 0. The standard InChI is InChI=1S/C14H24N4O/c1-10(2)14-17-12(15-3)8-13(18-14)16-6-4-11-5-7-19-9-11/h8,10-11H,4-7,9H2,1-3H3,(H2,15,16,17,18). The van der Waals surface area contributed by atoms with Gasteiger partial charge in [-0.2, -0.15) is 0 Å². The second-order valence-electron chi connectivity index (χ2n) is 5.35. The van der Waals surface area contributed by atoms with Crippen LogP contribution < -0.4 is 10.6 Å². The molecular weight excluding hydrogens is 240 g/mol. The summed E-state index contributed by atoms with van der Waals surface area (Å²) in [5, 5.41) is 6.48. The Morgan fingerprint density at radius 2 is 2.16 bits per heavy atom. The van der Waals surface area contributed by atoms with Crippen molar-refractivity contribution >= 4 is 11.6 Å². The largest absolute Gasteiger partial charge is 0.381 e. The van der Waals surface area contributed by atoms with Crippen LogP contribution in [0.25, 0.3) is 0 Å². The SMILES string of the molecule is CNc1cc(NCCC2CCOC2)nc(C(C)C)n1. The minimum absolute atomic E-state index is 0.331. The minimum Gasteiger partial charge on any atom is -0.381 e. The molecule has 2 N–H and O–H groups in total. The summed E-state index contributed by atoms with van der Waals surface area (Å²) < 4.78 is 5.38. The van der Waals surface area contributed by atoms with Crippen molar-refractivity contribution in [1.82, 2.24) is 9.97 Å². The zero-order chi connectivity index (χ0) is 13.7. The number of nitrogens with zero attached hydrogens (tertiary/aromatic N) is 2. The fourth-order valence-corrected chi connectivity index (χ4v) is 2.16. The zero-order valence-corrected chi connectivity index (χ0v) is 12.1. The molecular formula is C14H24N4O. The van der Waals surface area contributed by atoms with Gasteiger partial charge in [-0.15, -0.1) is 0 Å². The molecule has 0 amide bonds. The fourth-order valence-electron chi connectivity index (χ4n) is 2.16. The molecule has 5 nitrogen and oxygen atoms in total. The number of hydrogen-bond acceptors (Lipinski definition) is 5. The molecule has 0 aromatic carbocycles. The highest BCUT2D eigenvalue weighted by atomic mass is 16.5. The molecule has 1 aromatic rings. The van der Waals surface area contributed by atoms with Gasteiger partial charge in [0.1, 0.15) is 17.5 Å². The molecule has 5 heteroatoms. The lowest BCUT2D eigenvalue weighted by Crippen LogP contribution is -2.12. The van der Waals surface area contributed by atoms with E-state index in [1.165, 1.54) is 6.42 Å². The molecule has 1 atom stereocenters. The third-order valence-corrected chi connectivity index (χ3v) is 3.40. The van der Waals surface area contributed by atoms with Crippen LogP contribution in [0.15, 0.2) is 6.07 Å². The molecule has 0 bridgehead atoms. The summed E-state index contributed by atoms with van der Waals surface area (Å²) in [6.07, 6.45) is 2.32. The van der Waals surface area contributed by atoms with Gasteiger partial charge in [0.2, 0.25) is 0 Å². The van der Waals surface area contributed by atoms with E-state index in [0.717, 1.165) is 43.6 Å². The quantitative estimate of drug-likeness (QED) is 0.826. The van der Waals surface area contributed by atoms with Crippen molar-refractivity contribution in [3.8, 4) is 0 Å². The molecule has 0 spiro atoms. The Labute approximate surface area is 115 Å². The Bertz CT molecular complexity index is 402.